The summed E-state index contributed by atoms with van der Waals surface area (Å²) in [5, 5.41) is 9.75. The summed E-state index contributed by atoms with van der Waals surface area (Å²) in [4.78, 5) is 4.21. The molecule has 0 radical (unpaired) electrons. The SMILES string of the molecule is CN(C)CCCc1cc(N(C)C)ccc1O. The Morgan fingerprint density at radius 2 is 1.81 bits per heavy atom. The number of benzene rings is 1. The number of aromatic hydroxyl groups is 1. The van der Waals surface area contributed by atoms with Crippen molar-refractivity contribution in [2.75, 3.05) is 39.6 Å². The van der Waals surface area contributed by atoms with Crippen LogP contribution in [0.4, 0.5) is 5.69 Å². The van der Waals surface area contributed by atoms with E-state index in [0.29, 0.717) is 5.75 Å². The highest BCUT2D eigenvalue weighted by Crippen LogP contribution is 2.24. The average molecular weight is 222 g/mol. The normalized spacial score (nSPS) is 10.8. The van der Waals surface area contributed by atoms with Crippen molar-refractivity contribution in [3.63, 3.8) is 0 Å². The first-order chi connectivity index (χ1) is 7.50. The molecule has 0 spiro atoms. The molecule has 3 nitrogen and oxygen atoms in total. The van der Waals surface area contributed by atoms with Gasteiger partial charge in [-0.3, -0.25) is 0 Å². The number of nitrogens with zero attached hydrogens (tertiary/aromatic N) is 2. The summed E-state index contributed by atoms with van der Waals surface area (Å²) >= 11 is 0. The van der Waals surface area contributed by atoms with Crippen LogP contribution in [-0.4, -0.2) is 44.7 Å². The summed E-state index contributed by atoms with van der Waals surface area (Å²) in [6.45, 7) is 1.05. The molecule has 1 N–H and O–H groups in total. The van der Waals surface area contributed by atoms with Gasteiger partial charge in [0.2, 0.25) is 0 Å². The van der Waals surface area contributed by atoms with E-state index in [0.717, 1.165) is 30.6 Å². The number of phenolic OH excluding ortho intramolecular Hbond substituents is 1. The summed E-state index contributed by atoms with van der Waals surface area (Å²) < 4.78 is 0. The third-order valence-corrected chi connectivity index (χ3v) is 2.63. The van der Waals surface area contributed by atoms with Crippen LogP contribution in [0.3, 0.4) is 0 Å². The fourth-order valence-electron chi connectivity index (χ4n) is 1.64. The van der Waals surface area contributed by atoms with E-state index < -0.39 is 0 Å². The van der Waals surface area contributed by atoms with Crippen LogP contribution < -0.4 is 4.90 Å². The predicted octanol–water partition coefficient (Wildman–Crippen LogP) is 1.95. The van der Waals surface area contributed by atoms with Crippen molar-refractivity contribution in [3.05, 3.63) is 23.8 Å². The van der Waals surface area contributed by atoms with Crippen molar-refractivity contribution in [3.8, 4) is 5.75 Å². The van der Waals surface area contributed by atoms with Gasteiger partial charge in [-0.2, -0.15) is 0 Å². The molecule has 0 atom stereocenters. The summed E-state index contributed by atoms with van der Waals surface area (Å²) in [5.41, 5.74) is 2.17. The first kappa shape index (κ1) is 12.8. The van der Waals surface area contributed by atoms with E-state index in [9.17, 15) is 5.11 Å². The Kier molecular flexibility index (Phi) is 4.62. The smallest absolute Gasteiger partial charge is 0.118 e. The Bertz CT molecular complexity index is 335. The topological polar surface area (TPSA) is 26.7 Å². The van der Waals surface area contributed by atoms with Crippen LogP contribution in [-0.2, 0) is 6.42 Å². The molecular weight excluding hydrogens is 200 g/mol. The monoisotopic (exact) mass is 222 g/mol. The Morgan fingerprint density at radius 1 is 1.12 bits per heavy atom. The summed E-state index contributed by atoms with van der Waals surface area (Å²) in [5.74, 6) is 0.407. The highest BCUT2D eigenvalue weighted by molar-refractivity contribution is 5.51. The molecule has 0 aromatic heterocycles. The van der Waals surface area contributed by atoms with Crippen molar-refractivity contribution >= 4 is 5.69 Å². The molecule has 0 aliphatic rings. The average Bonchev–Trinajstić information content (AvgIpc) is 2.20. The molecule has 3 heteroatoms. The number of hydrogen-bond donors (Lipinski definition) is 1. The minimum absolute atomic E-state index is 0.407. The van der Waals surface area contributed by atoms with Crippen LogP contribution in [0.15, 0.2) is 18.2 Å². The van der Waals surface area contributed by atoms with E-state index in [1.807, 2.05) is 20.2 Å². The lowest BCUT2D eigenvalue weighted by atomic mass is 10.1. The van der Waals surface area contributed by atoms with E-state index in [1.165, 1.54) is 0 Å². The van der Waals surface area contributed by atoms with Gasteiger partial charge >= 0.3 is 0 Å². The molecule has 0 amide bonds. The molecule has 0 aliphatic heterocycles. The molecule has 0 aliphatic carbocycles. The van der Waals surface area contributed by atoms with Gasteiger partial charge in [-0.1, -0.05) is 0 Å². The lowest BCUT2D eigenvalue weighted by molar-refractivity contribution is 0.397. The van der Waals surface area contributed by atoms with Crippen LogP contribution in [0.1, 0.15) is 12.0 Å². The third-order valence-electron chi connectivity index (χ3n) is 2.63. The van der Waals surface area contributed by atoms with Gasteiger partial charge in [0.25, 0.3) is 0 Å². The van der Waals surface area contributed by atoms with Crippen molar-refractivity contribution < 1.29 is 5.11 Å². The predicted molar refractivity (Wildman–Crippen MR) is 69.3 cm³/mol. The lowest BCUT2D eigenvalue weighted by Gasteiger charge is -2.15. The maximum Gasteiger partial charge on any atom is 0.118 e. The highest BCUT2D eigenvalue weighted by Gasteiger charge is 2.04. The number of rotatable bonds is 5. The van der Waals surface area contributed by atoms with Gasteiger partial charge in [0.1, 0.15) is 5.75 Å². The van der Waals surface area contributed by atoms with Crippen molar-refractivity contribution in [1.29, 1.82) is 0 Å². The zero-order chi connectivity index (χ0) is 12.1. The van der Waals surface area contributed by atoms with E-state index in [-0.39, 0.29) is 0 Å². The highest BCUT2D eigenvalue weighted by atomic mass is 16.3. The first-order valence-corrected chi connectivity index (χ1v) is 5.64. The number of anilines is 1. The van der Waals surface area contributed by atoms with Crippen LogP contribution in [0, 0.1) is 0 Å². The fourth-order valence-corrected chi connectivity index (χ4v) is 1.64. The molecule has 90 valence electrons. The molecule has 0 heterocycles. The Balaban J connectivity index is 2.67. The van der Waals surface area contributed by atoms with E-state index in [2.05, 4.69) is 30.0 Å². The van der Waals surface area contributed by atoms with Crippen molar-refractivity contribution in [1.82, 2.24) is 4.90 Å². The maximum atomic E-state index is 9.75. The molecule has 1 aromatic carbocycles. The Morgan fingerprint density at radius 3 is 2.38 bits per heavy atom. The molecule has 0 saturated heterocycles. The molecule has 0 saturated carbocycles. The van der Waals surface area contributed by atoms with Crippen molar-refractivity contribution in [2.45, 2.75) is 12.8 Å². The van der Waals surface area contributed by atoms with Crippen LogP contribution >= 0.6 is 0 Å². The van der Waals surface area contributed by atoms with Gasteiger partial charge in [-0.05, 0) is 57.2 Å². The Labute approximate surface area is 98.3 Å². The molecule has 1 rings (SSSR count). The second-order valence-corrected chi connectivity index (χ2v) is 4.61. The summed E-state index contributed by atoms with van der Waals surface area (Å²) in [7, 11) is 8.15. The standard InChI is InChI=1S/C13H22N2O/c1-14(2)9-5-6-11-10-12(15(3)4)7-8-13(11)16/h7-8,10,16H,5-6,9H2,1-4H3. The molecular formula is C13H22N2O. The molecule has 0 bridgehead atoms. The second-order valence-electron chi connectivity index (χ2n) is 4.61. The van der Waals surface area contributed by atoms with Gasteiger partial charge in [0.15, 0.2) is 0 Å². The fraction of sp³-hybridized carbons (Fsp3) is 0.538. The number of aryl methyl sites for hydroxylation is 1. The van der Waals surface area contributed by atoms with Gasteiger partial charge in [-0.25, -0.2) is 0 Å². The summed E-state index contributed by atoms with van der Waals surface area (Å²) in [6.07, 6.45) is 1.99. The van der Waals surface area contributed by atoms with Gasteiger partial charge in [0, 0.05) is 19.8 Å². The van der Waals surface area contributed by atoms with Crippen LogP contribution in [0.2, 0.25) is 0 Å². The van der Waals surface area contributed by atoms with Gasteiger partial charge in [0.05, 0.1) is 0 Å². The van der Waals surface area contributed by atoms with Crippen LogP contribution in [0.5, 0.6) is 5.75 Å². The van der Waals surface area contributed by atoms with E-state index in [4.69, 9.17) is 0 Å². The van der Waals surface area contributed by atoms with Gasteiger partial charge in [-0.15, -0.1) is 0 Å². The van der Waals surface area contributed by atoms with Crippen LogP contribution in [0.25, 0.3) is 0 Å². The Hall–Kier alpha value is -1.22. The number of hydrogen-bond acceptors (Lipinski definition) is 3. The quantitative estimate of drug-likeness (QED) is 0.825. The minimum atomic E-state index is 0.407. The molecule has 16 heavy (non-hydrogen) atoms. The third kappa shape index (κ3) is 3.74. The van der Waals surface area contributed by atoms with E-state index in [1.54, 1.807) is 6.07 Å². The number of phenols is 1. The zero-order valence-corrected chi connectivity index (χ0v) is 10.7. The van der Waals surface area contributed by atoms with E-state index >= 15 is 0 Å². The molecule has 0 unspecified atom stereocenters. The molecule has 0 fully saturated rings. The second kappa shape index (κ2) is 5.75. The summed E-state index contributed by atoms with van der Waals surface area (Å²) in [6, 6.07) is 5.77. The first-order valence-electron chi connectivity index (χ1n) is 5.64. The molecule has 1 aromatic rings. The zero-order valence-electron chi connectivity index (χ0n) is 10.7. The lowest BCUT2D eigenvalue weighted by Crippen LogP contribution is -2.13. The van der Waals surface area contributed by atoms with Crippen molar-refractivity contribution in [2.24, 2.45) is 0 Å². The minimum Gasteiger partial charge on any atom is -0.508 e. The largest absolute Gasteiger partial charge is 0.508 e. The maximum absolute atomic E-state index is 9.75. The van der Waals surface area contributed by atoms with Gasteiger partial charge < -0.3 is 14.9 Å².